The normalized spacial score (nSPS) is 21.0. The van der Waals surface area contributed by atoms with Gasteiger partial charge in [0.15, 0.2) is 5.66 Å². The monoisotopic (exact) mass is 426 g/mol. The predicted octanol–water partition coefficient (Wildman–Crippen LogP) is 4.61. The zero-order chi connectivity index (χ0) is 16.7. The number of nitrogens with zero attached hydrogens (tertiary/aromatic N) is 1. The fraction of sp³-hybridized carbons (Fsp3) is 0.154. The van der Waals surface area contributed by atoms with Gasteiger partial charge in [0.1, 0.15) is 4.90 Å². The molecule has 0 saturated carbocycles. The van der Waals surface area contributed by atoms with Crippen LogP contribution in [0.15, 0.2) is 39.5 Å². The Morgan fingerprint density at radius 2 is 1.96 bits per heavy atom. The largest absolute Gasteiger partial charge is 0.256 e. The van der Waals surface area contributed by atoms with Gasteiger partial charge in [0.2, 0.25) is 10.0 Å². The second-order valence-corrected chi connectivity index (χ2v) is 9.33. The van der Waals surface area contributed by atoms with Crippen LogP contribution in [0.4, 0.5) is 0 Å². The molecule has 1 aromatic carbocycles. The van der Waals surface area contributed by atoms with E-state index in [1.807, 2.05) is 0 Å². The highest BCUT2D eigenvalue weighted by molar-refractivity contribution is 8.12. The van der Waals surface area contributed by atoms with Gasteiger partial charge < -0.3 is 0 Å². The Balaban J connectivity index is 2.06. The zero-order valence-electron chi connectivity index (χ0n) is 11.3. The molecule has 1 atom stereocenters. The van der Waals surface area contributed by atoms with Crippen LogP contribution in [0.5, 0.6) is 0 Å². The lowest BCUT2D eigenvalue weighted by Gasteiger charge is -2.26. The zero-order valence-corrected chi connectivity index (χ0v) is 16.0. The van der Waals surface area contributed by atoms with Crippen LogP contribution in [-0.2, 0) is 15.7 Å². The number of halogens is 3. The lowest BCUT2D eigenvalue weighted by atomic mass is 10.2. The summed E-state index contributed by atoms with van der Waals surface area (Å²) < 4.78 is 28.2. The lowest BCUT2D eigenvalue weighted by Crippen LogP contribution is -2.44. The molecule has 0 radical (unpaired) electrons. The number of thiophene rings is 1. The molecule has 0 fully saturated rings. The summed E-state index contributed by atoms with van der Waals surface area (Å²) in [7, 11) is -3.94. The molecule has 0 saturated heterocycles. The van der Waals surface area contributed by atoms with Gasteiger partial charge >= 0.3 is 0 Å². The summed E-state index contributed by atoms with van der Waals surface area (Å²) in [5.41, 5.74) is 0.471. The van der Waals surface area contributed by atoms with Crippen LogP contribution in [0.1, 0.15) is 4.88 Å². The van der Waals surface area contributed by atoms with Crippen molar-refractivity contribution in [3.05, 3.63) is 49.6 Å². The maximum Gasteiger partial charge on any atom is 0.244 e. The number of rotatable bonds is 4. The Hall–Kier alpha value is -0.280. The maximum atomic E-state index is 12.8. The molecule has 1 unspecified atom stereocenters. The molecule has 122 valence electrons. The minimum absolute atomic E-state index is 0.0870. The van der Waals surface area contributed by atoms with Gasteiger partial charge in [-0.15, -0.1) is 23.1 Å². The number of aliphatic imine (C=N–C) groups is 1. The molecule has 4 nitrogen and oxygen atoms in total. The van der Waals surface area contributed by atoms with E-state index in [4.69, 9.17) is 34.8 Å². The fourth-order valence-corrected chi connectivity index (χ4v) is 6.57. The van der Waals surface area contributed by atoms with Crippen molar-refractivity contribution in [2.75, 3.05) is 5.75 Å². The smallest absolute Gasteiger partial charge is 0.244 e. The average Bonchev–Trinajstić information content (AvgIpc) is 3.10. The van der Waals surface area contributed by atoms with Crippen molar-refractivity contribution < 1.29 is 8.42 Å². The SMILES string of the molecule is O=S(=O)(NC1(c2sccc2Cl)CSC=N1)c1cc(Cl)ccc1Cl. The first-order valence-electron chi connectivity index (χ1n) is 6.22. The summed E-state index contributed by atoms with van der Waals surface area (Å²) in [4.78, 5) is 4.88. The summed E-state index contributed by atoms with van der Waals surface area (Å²) in [6, 6.07) is 5.98. The van der Waals surface area contributed by atoms with E-state index in [2.05, 4.69) is 9.71 Å². The van der Waals surface area contributed by atoms with Crippen molar-refractivity contribution in [1.82, 2.24) is 4.72 Å². The highest BCUT2D eigenvalue weighted by Gasteiger charge is 2.41. The first-order chi connectivity index (χ1) is 10.8. The predicted molar refractivity (Wildman–Crippen MR) is 98.7 cm³/mol. The van der Waals surface area contributed by atoms with Crippen LogP contribution >= 0.6 is 57.9 Å². The number of sulfonamides is 1. The Kier molecular flexibility index (Phi) is 5.00. The average molecular weight is 428 g/mol. The van der Waals surface area contributed by atoms with E-state index in [1.54, 1.807) is 17.0 Å². The second kappa shape index (κ2) is 6.55. The van der Waals surface area contributed by atoms with Crippen LogP contribution in [0.2, 0.25) is 15.1 Å². The van der Waals surface area contributed by atoms with Gasteiger partial charge in [-0.05, 0) is 29.6 Å². The minimum Gasteiger partial charge on any atom is -0.256 e. The first kappa shape index (κ1) is 17.5. The topological polar surface area (TPSA) is 58.5 Å². The van der Waals surface area contributed by atoms with Gasteiger partial charge in [-0.3, -0.25) is 4.99 Å². The van der Waals surface area contributed by atoms with Crippen LogP contribution in [0.3, 0.4) is 0 Å². The second-order valence-electron chi connectivity index (χ2n) is 4.68. The Morgan fingerprint density at radius 1 is 1.17 bits per heavy atom. The lowest BCUT2D eigenvalue weighted by molar-refractivity contribution is 0.475. The third kappa shape index (κ3) is 3.42. The number of nitrogens with one attached hydrogen (secondary N) is 1. The van der Waals surface area contributed by atoms with Gasteiger partial charge in [-0.2, -0.15) is 4.72 Å². The third-order valence-electron chi connectivity index (χ3n) is 3.12. The molecule has 0 bridgehead atoms. The Bertz CT molecular complexity index is 882. The molecule has 3 rings (SSSR count). The molecular weight excluding hydrogens is 419 g/mol. The Morgan fingerprint density at radius 3 is 2.57 bits per heavy atom. The van der Waals surface area contributed by atoms with Crippen LogP contribution < -0.4 is 4.72 Å². The van der Waals surface area contributed by atoms with E-state index in [9.17, 15) is 8.42 Å². The van der Waals surface area contributed by atoms with Crippen molar-refractivity contribution in [1.29, 1.82) is 0 Å². The number of thioether (sulfide) groups is 1. The molecule has 1 aliphatic heterocycles. The van der Waals surface area contributed by atoms with Gasteiger partial charge in [-0.25, -0.2) is 8.42 Å². The molecule has 1 aliphatic rings. The molecular formula is C13H9Cl3N2O2S3. The van der Waals surface area contributed by atoms with E-state index >= 15 is 0 Å². The highest BCUT2D eigenvalue weighted by Crippen LogP contribution is 2.40. The van der Waals surface area contributed by atoms with Crippen molar-refractivity contribution in [3.8, 4) is 0 Å². The molecule has 1 N–H and O–H groups in total. The van der Waals surface area contributed by atoms with Gasteiger partial charge in [0.25, 0.3) is 0 Å². The Labute approximate surface area is 156 Å². The molecule has 2 heterocycles. The van der Waals surface area contributed by atoms with Gasteiger partial charge in [-0.1, -0.05) is 34.8 Å². The fourth-order valence-electron chi connectivity index (χ4n) is 2.10. The van der Waals surface area contributed by atoms with Crippen molar-refractivity contribution in [3.63, 3.8) is 0 Å². The van der Waals surface area contributed by atoms with E-state index in [-0.39, 0.29) is 14.9 Å². The van der Waals surface area contributed by atoms with E-state index in [1.165, 1.54) is 41.3 Å². The van der Waals surface area contributed by atoms with E-state index < -0.39 is 15.7 Å². The van der Waals surface area contributed by atoms with Crippen molar-refractivity contribution in [2.24, 2.45) is 4.99 Å². The quantitative estimate of drug-likeness (QED) is 0.775. The van der Waals surface area contributed by atoms with Gasteiger partial charge in [0.05, 0.1) is 20.5 Å². The molecule has 23 heavy (non-hydrogen) atoms. The van der Waals surface area contributed by atoms with E-state index in [0.717, 1.165) is 0 Å². The molecule has 0 aliphatic carbocycles. The van der Waals surface area contributed by atoms with Crippen LogP contribution in [0, 0.1) is 0 Å². The van der Waals surface area contributed by atoms with Crippen molar-refractivity contribution >= 4 is 73.5 Å². The van der Waals surface area contributed by atoms with E-state index in [0.29, 0.717) is 15.7 Å². The number of hydrogen-bond acceptors (Lipinski definition) is 5. The van der Waals surface area contributed by atoms with Crippen molar-refractivity contribution in [2.45, 2.75) is 10.6 Å². The first-order valence-corrected chi connectivity index (χ1v) is 10.8. The summed E-state index contributed by atoms with van der Waals surface area (Å²) in [6.07, 6.45) is 0. The summed E-state index contributed by atoms with van der Waals surface area (Å²) >= 11 is 20.8. The molecule has 10 heteroatoms. The van der Waals surface area contributed by atoms with Crippen LogP contribution in [0.25, 0.3) is 0 Å². The molecule has 0 amide bonds. The number of benzene rings is 1. The standard InChI is InChI=1S/C13H9Cl3N2O2S3/c14-8-1-2-9(15)11(5-8)23(19,20)18-13(6-21-7-17-13)12-10(16)3-4-22-12/h1-5,7,18H,6H2. The third-order valence-corrected chi connectivity index (χ3v) is 7.65. The summed E-state index contributed by atoms with van der Waals surface area (Å²) in [6.45, 7) is 0. The summed E-state index contributed by atoms with van der Waals surface area (Å²) in [5, 5.41) is 2.62. The maximum absolute atomic E-state index is 12.8. The number of hydrogen-bond donors (Lipinski definition) is 1. The molecule has 0 spiro atoms. The highest BCUT2D eigenvalue weighted by atomic mass is 35.5. The summed E-state index contributed by atoms with van der Waals surface area (Å²) in [5.74, 6) is 0.407. The molecule has 2 aromatic rings. The van der Waals surface area contributed by atoms with Crippen LogP contribution in [-0.4, -0.2) is 19.7 Å². The molecule has 1 aromatic heterocycles. The minimum atomic E-state index is -3.94. The van der Waals surface area contributed by atoms with Gasteiger partial charge in [0, 0.05) is 10.8 Å².